The minimum Gasteiger partial charge on any atom is -0.313 e. The lowest BCUT2D eigenvalue weighted by molar-refractivity contribution is 0.383. The van der Waals surface area contributed by atoms with Gasteiger partial charge in [0, 0.05) is 24.8 Å². The summed E-state index contributed by atoms with van der Waals surface area (Å²) in [4.78, 5) is 0.254. The summed E-state index contributed by atoms with van der Waals surface area (Å²) >= 11 is 0. The van der Waals surface area contributed by atoms with Gasteiger partial charge in [-0.1, -0.05) is 20.3 Å². The molecule has 0 unspecified atom stereocenters. The number of aromatic nitrogens is 2. The summed E-state index contributed by atoms with van der Waals surface area (Å²) in [6.45, 7) is 5.58. The topological polar surface area (TPSA) is 76.0 Å². The molecule has 1 saturated carbocycles. The van der Waals surface area contributed by atoms with Crippen LogP contribution < -0.4 is 10.0 Å². The second kappa shape index (κ2) is 6.02. The standard InChI is InChI=1S/C12H22N4O2S/c1-10(2)13-6-7-16-9-12(8-14-16)19(17,18)15-11-4-3-5-11/h8-11,13,15H,3-7H2,1-2H3. The van der Waals surface area contributed by atoms with Gasteiger partial charge in [0.05, 0.1) is 12.7 Å². The third-order valence-corrected chi connectivity index (χ3v) is 4.72. The van der Waals surface area contributed by atoms with Crippen molar-refractivity contribution in [2.45, 2.75) is 56.6 Å². The maximum Gasteiger partial charge on any atom is 0.243 e. The summed E-state index contributed by atoms with van der Waals surface area (Å²) in [7, 11) is -3.39. The Hall–Kier alpha value is -0.920. The molecule has 6 nitrogen and oxygen atoms in total. The van der Waals surface area contributed by atoms with Gasteiger partial charge >= 0.3 is 0 Å². The highest BCUT2D eigenvalue weighted by molar-refractivity contribution is 7.89. The maximum absolute atomic E-state index is 12.1. The summed E-state index contributed by atoms with van der Waals surface area (Å²) < 4.78 is 28.5. The monoisotopic (exact) mass is 286 g/mol. The van der Waals surface area contributed by atoms with Crippen molar-refractivity contribution < 1.29 is 8.42 Å². The zero-order valence-corrected chi connectivity index (χ0v) is 12.3. The summed E-state index contributed by atoms with van der Waals surface area (Å²) in [5, 5.41) is 7.35. The van der Waals surface area contributed by atoms with Crippen LogP contribution in [0.15, 0.2) is 17.3 Å². The maximum atomic E-state index is 12.1. The van der Waals surface area contributed by atoms with Crippen molar-refractivity contribution in [1.82, 2.24) is 19.8 Å². The highest BCUT2D eigenvalue weighted by Gasteiger charge is 2.25. The van der Waals surface area contributed by atoms with Gasteiger partial charge in [0.15, 0.2) is 0 Å². The van der Waals surface area contributed by atoms with E-state index in [4.69, 9.17) is 0 Å². The Bertz CT molecular complexity index is 506. The summed E-state index contributed by atoms with van der Waals surface area (Å²) in [6, 6.07) is 0.523. The first-order chi connectivity index (χ1) is 8.97. The molecule has 0 amide bonds. The quantitative estimate of drug-likeness (QED) is 0.774. The number of rotatable bonds is 7. The number of nitrogens with zero attached hydrogens (tertiary/aromatic N) is 2. The average molecular weight is 286 g/mol. The van der Waals surface area contributed by atoms with E-state index in [1.54, 1.807) is 10.9 Å². The van der Waals surface area contributed by atoms with Crippen molar-refractivity contribution in [3.05, 3.63) is 12.4 Å². The third-order valence-electron chi connectivity index (χ3n) is 3.24. The molecule has 0 bridgehead atoms. The molecule has 1 aromatic rings. The van der Waals surface area contributed by atoms with Gasteiger partial charge < -0.3 is 5.32 Å². The summed E-state index contributed by atoms with van der Waals surface area (Å²) in [6.07, 6.45) is 5.98. The van der Waals surface area contributed by atoms with Gasteiger partial charge in [-0.15, -0.1) is 0 Å². The minimum atomic E-state index is -3.39. The molecule has 19 heavy (non-hydrogen) atoms. The number of nitrogens with one attached hydrogen (secondary N) is 2. The zero-order chi connectivity index (χ0) is 13.9. The van der Waals surface area contributed by atoms with E-state index in [1.807, 2.05) is 0 Å². The molecule has 1 fully saturated rings. The predicted octanol–water partition coefficient (Wildman–Crippen LogP) is 0.712. The van der Waals surface area contributed by atoms with E-state index in [9.17, 15) is 8.42 Å². The third kappa shape index (κ3) is 4.02. The van der Waals surface area contributed by atoms with Crippen molar-refractivity contribution in [2.75, 3.05) is 6.54 Å². The fourth-order valence-electron chi connectivity index (χ4n) is 1.89. The Morgan fingerprint density at radius 3 is 2.79 bits per heavy atom. The zero-order valence-electron chi connectivity index (χ0n) is 11.5. The fourth-order valence-corrected chi connectivity index (χ4v) is 3.14. The minimum absolute atomic E-state index is 0.107. The van der Waals surface area contributed by atoms with Gasteiger partial charge in [0.2, 0.25) is 10.0 Å². The molecule has 1 aromatic heterocycles. The van der Waals surface area contributed by atoms with Crippen LogP contribution in [0.5, 0.6) is 0 Å². The molecule has 0 spiro atoms. The Labute approximate surface area is 114 Å². The predicted molar refractivity (Wildman–Crippen MR) is 73.3 cm³/mol. The van der Waals surface area contributed by atoms with E-state index in [2.05, 4.69) is 29.0 Å². The summed E-state index contributed by atoms with van der Waals surface area (Å²) in [5.41, 5.74) is 0. The smallest absolute Gasteiger partial charge is 0.243 e. The second-order valence-electron chi connectivity index (χ2n) is 5.30. The van der Waals surface area contributed by atoms with Gasteiger partial charge in [-0.25, -0.2) is 13.1 Å². The van der Waals surface area contributed by atoms with Crippen molar-refractivity contribution in [1.29, 1.82) is 0 Å². The van der Waals surface area contributed by atoms with Crippen LogP contribution in [0.3, 0.4) is 0 Å². The first kappa shape index (κ1) is 14.5. The lowest BCUT2D eigenvalue weighted by atomic mass is 9.94. The van der Waals surface area contributed by atoms with E-state index in [-0.39, 0.29) is 10.9 Å². The van der Waals surface area contributed by atoms with Crippen molar-refractivity contribution in [2.24, 2.45) is 0 Å². The molecule has 1 heterocycles. The molecule has 0 aliphatic heterocycles. The van der Waals surface area contributed by atoms with Crippen molar-refractivity contribution in [3.63, 3.8) is 0 Å². The molecule has 2 N–H and O–H groups in total. The van der Waals surface area contributed by atoms with Crippen LogP contribution in [0, 0.1) is 0 Å². The Kier molecular flexibility index (Phi) is 4.59. The molecule has 2 rings (SSSR count). The fraction of sp³-hybridized carbons (Fsp3) is 0.750. The normalized spacial score (nSPS) is 16.8. The summed E-state index contributed by atoms with van der Waals surface area (Å²) in [5.74, 6) is 0. The van der Waals surface area contributed by atoms with Crippen molar-refractivity contribution in [3.8, 4) is 0 Å². The largest absolute Gasteiger partial charge is 0.313 e. The average Bonchev–Trinajstić information content (AvgIpc) is 2.73. The van der Waals surface area contributed by atoms with Crippen LogP contribution in [0.4, 0.5) is 0 Å². The number of hydrogen-bond donors (Lipinski definition) is 2. The van der Waals surface area contributed by atoms with Gasteiger partial charge in [-0.2, -0.15) is 5.10 Å². The molecule has 0 radical (unpaired) electrons. The molecule has 1 aliphatic rings. The molecule has 0 saturated heterocycles. The first-order valence-electron chi connectivity index (χ1n) is 6.75. The Morgan fingerprint density at radius 2 is 2.21 bits per heavy atom. The van der Waals surface area contributed by atoms with Crippen molar-refractivity contribution >= 4 is 10.0 Å². The van der Waals surface area contributed by atoms with Gasteiger partial charge in [0.25, 0.3) is 0 Å². The van der Waals surface area contributed by atoms with Gasteiger partial charge in [-0.05, 0) is 12.8 Å². The van der Waals surface area contributed by atoms with Crippen LogP contribution in [0.1, 0.15) is 33.1 Å². The van der Waals surface area contributed by atoms with Crippen LogP contribution >= 0.6 is 0 Å². The molecule has 7 heteroatoms. The Balaban J connectivity index is 1.91. The molecule has 1 aliphatic carbocycles. The van der Waals surface area contributed by atoms with Crippen LogP contribution in [-0.4, -0.2) is 36.8 Å². The number of sulfonamides is 1. The SMILES string of the molecule is CC(C)NCCn1cc(S(=O)(=O)NC2CCC2)cn1. The highest BCUT2D eigenvalue weighted by atomic mass is 32.2. The lowest BCUT2D eigenvalue weighted by Gasteiger charge is -2.25. The van der Waals surface area contributed by atoms with E-state index < -0.39 is 10.0 Å². The molecular formula is C12H22N4O2S. The molecule has 0 aromatic carbocycles. The van der Waals surface area contributed by atoms with Gasteiger partial charge in [0.1, 0.15) is 4.90 Å². The first-order valence-corrected chi connectivity index (χ1v) is 8.24. The van der Waals surface area contributed by atoms with E-state index in [1.165, 1.54) is 6.20 Å². The Morgan fingerprint density at radius 1 is 1.47 bits per heavy atom. The highest BCUT2D eigenvalue weighted by Crippen LogP contribution is 2.20. The number of hydrogen-bond acceptors (Lipinski definition) is 4. The van der Waals surface area contributed by atoms with Gasteiger partial charge in [-0.3, -0.25) is 4.68 Å². The molecular weight excluding hydrogens is 264 g/mol. The molecule has 0 atom stereocenters. The van der Waals surface area contributed by atoms with Crippen LogP contribution in [0.25, 0.3) is 0 Å². The van der Waals surface area contributed by atoms with E-state index in [0.29, 0.717) is 12.6 Å². The van der Waals surface area contributed by atoms with Crippen LogP contribution in [-0.2, 0) is 16.6 Å². The lowest BCUT2D eigenvalue weighted by Crippen LogP contribution is -2.39. The second-order valence-corrected chi connectivity index (χ2v) is 7.01. The van der Waals surface area contributed by atoms with E-state index >= 15 is 0 Å². The van der Waals surface area contributed by atoms with E-state index in [0.717, 1.165) is 25.8 Å². The molecule has 108 valence electrons. The van der Waals surface area contributed by atoms with Crippen LogP contribution in [0.2, 0.25) is 0 Å².